The number of nitrogens with two attached hydrogens (primary N) is 1. The molecule has 0 aliphatic carbocycles. The molecular weight excluding hydrogens is 252 g/mol. The van der Waals surface area contributed by atoms with Crippen LogP contribution in [0.1, 0.15) is 38.4 Å². The van der Waals surface area contributed by atoms with E-state index in [-0.39, 0.29) is 12.0 Å². The maximum absolute atomic E-state index is 11.0. The molecule has 2 atom stereocenters. The highest BCUT2D eigenvalue weighted by molar-refractivity contribution is 7.09. The van der Waals surface area contributed by atoms with E-state index in [9.17, 15) is 4.79 Å². The summed E-state index contributed by atoms with van der Waals surface area (Å²) in [6, 6.07) is 0. The number of hydrogen-bond donors (Lipinski definition) is 2. The molecule has 1 amide bonds. The number of ether oxygens (including phenoxy) is 1. The topological polar surface area (TPSA) is 90.1 Å². The highest BCUT2D eigenvalue weighted by Crippen LogP contribution is 2.21. The average molecular weight is 270 g/mol. The first kappa shape index (κ1) is 13.2. The number of hydrogen-bond acceptors (Lipinski definition) is 6. The lowest BCUT2D eigenvalue weighted by Gasteiger charge is -2.11. The standard InChI is InChI=1S/C11H18N4O2S/c1-6(2)10-14-11(18-15-10)13-5-7-3-4-8(17-7)9(12)16/h6-8H,3-5H2,1-2H3,(H2,12,16)(H,13,14,15). The Morgan fingerprint density at radius 3 is 2.94 bits per heavy atom. The summed E-state index contributed by atoms with van der Waals surface area (Å²) in [6.45, 7) is 4.75. The molecule has 1 saturated heterocycles. The van der Waals surface area contributed by atoms with Gasteiger partial charge in [0.25, 0.3) is 0 Å². The highest BCUT2D eigenvalue weighted by Gasteiger charge is 2.28. The van der Waals surface area contributed by atoms with Crippen LogP contribution in [0.3, 0.4) is 0 Å². The molecule has 0 saturated carbocycles. The molecule has 0 radical (unpaired) electrons. The van der Waals surface area contributed by atoms with E-state index in [2.05, 4.69) is 28.5 Å². The van der Waals surface area contributed by atoms with Gasteiger partial charge < -0.3 is 15.8 Å². The van der Waals surface area contributed by atoms with Crippen LogP contribution in [-0.2, 0) is 9.53 Å². The molecule has 1 aromatic heterocycles. The molecule has 1 aliphatic heterocycles. The minimum Gasteiger partial charge on any atom is -0.367 e. The van der Waals surface area contributed by atoms with Crippen molar-refractivity contribution in [1.29, 1.82) is 0 Å². The second kappa shape index (κ2) is 5.62. The molecule has 100 valence electrons. The Bertz CT molecular complexity index is 421. The monoisotopic (exact) mass is 270 g/mol. The van der Waals surface area contributed by atoms with Gasteiger partial charge in [-0.3, -0.25) is 4.79 Å². The lowest BCUT2D eigenvalue weighted by molar-refractivity contribution is -0.128. The molecule has 6 nitrogen and oxygen atoms in total. The fourth-order valence-electron chi connectivity index (χ4n) is 1.81. The summed E-state index contributed by atoms with van der Waals surface area (Å²) in [5.74, 6) is 0.805. The molecule has 7 heteroatoms. The lowest BCUT2D eigenvalue weighted by atomic mass is 10.2. The third kappa shape index (κ3) is 3.17. The van der Waals surface area contributed by atoms with E-state index in [0.29, 0.717) is 18.9 Å². The zero-order chi connectivity index (χ0) is 13.1. The fourth-order valence-corrected chi connectivity index (χ4v) is 2.52. The maximum Gasteiger partial charge on any atom is 0.246 e. The van der Waals surface area contributed by atoms with Gasteiger partial charge in [-0.25, -0.2) is 4.98 Å². The van der Waals surface area contributed by atoms with Crippen molar-refractivity contribution < 1.29 is 9.53 Å². The number of amides is 1. The summed E-state index contributed by atoms with van der Waals surface area (Å²) in [5, 5.41) is 3.99. The zero-order valence-corrected chi connectivity index (χ0v) is 11.4. The molecule has 3 N–H and O–H groups in total. The van der Waals surface area contributed by atoms with Gasteiger partial charge in [0.05, 0.1) is 6.10 Å². The summed E-state index contributed by atoms with van der Waals surface area (Å²) < 4.78 is 9.78. The minimum atomic E-state index is -0.433. The Hall–Kier alpha value is -1.21. The van der Waals surface area contributed by atoms with E-state index in [1.54, 1.807) is 0 Å². The number of anilines is 1. The van der Waals surface area contributed by atoms with E-state index in [4.69, 9.17) is 10.5 Å². The van der Waals surface area contributed by atoms with Crippen molar-refractivity contribution in [1.82, 2.24) is 9.36 Å². The molecule has 1 fully saturated rings. The molecule has 1 aliphatic rings. The van der Waals surface area contributed by atoms with Crippen LogP contribution in [0.15, 0.2) is 0 Å². The van der Waals surface area contributed by atoms with Crippen LogP contribution in [0.5, 0.6) is 0 Å². The number of nitrogens with one attached hydrogen (secondary N) is 1. The van der Waals surface area contributed by atoms with Crippen molar-refractivity contribution in [3.8, 4) is 0 Å². The Morgan fingerprint density at radius 1 is 1.61 bits per heavy atom. The Labute approximate surface area is 110 Å². The molecule has 0 spiro atoms. The summed E-state index contributed by atoms with van der Waals surface area (Å²) in [6.07, 6.45) is 1.14. The second-order valence-electron chi connectivity index (χ2n) is 4.72. The predicted molar refractivity (Wildman–Crippen MR) is 69.6 cm³/mol. The number of carbonyl (C=O) groups is 1. The van der Waals surface area contributed by atoms with Crippen LogP contribution in [0, 0.1) is 0 Å². The summed E-state index contributed by atoms with van der Waals surface area (Å²) in [7, 11) is 0. The van der Waals surface area contributed by atoms with Gasteiger partial charge in [-0.15, -0.1) is 0 Å². The number of aromatic nitrogens is 2. The molecule has 0 aromatic carbocycles. The first-order valence-corrected chi connectivity index (χ1v) is 6.86. The molecule has 2 unspecified atom stereocenters. The lowest BCUT2D eigenvalue weighted by Crippen LogP contribution is -2.30. The molecular formula is C11H18N4O2S. The Balaban J connectivity index is 1.80. The van der Waals surface area contributed by atoms with Crippen molar-refractivity contribution in [3.63, 3.8) is 0 Å². The highest BCUT2D eigenvalue weighted by atomic mass is 32.1. The van der Waals surface area contributed by atoms with Crippen LogP contribution in [0.2, 0.25) is 0 Å². The molecule has 0 bridgehead atoms. The Kier molecular flexibility index (Phi) is 4.13. The van der Waals surface area contributed by atoms with Crippen LogP contribution in [-0.4, -0.2) is 34.0 Å². The van der Waals surface area contributed by atoms with Crippen molar-refractivity contribution in [2.75, 3.05) is 11.9 Å². The van der Waals surface area contributed by atoms with Gasteiger partial charge >= 0.3 is 0 Å². The summed E-state index contributed by atoms with van der Waals surface area (Å²) >= 11 is 1.35. The largest absolute Gasteiger partial charge is 0.367 e. The summed E-state index contributed by atoms with van der Waals surface area (Å²) in [4.78, 5) is 15.3. The second-order valence-corrected chi connectivity index (χ2v) is 5.47. The van der Waals surface area contributed by atoms with Crippen molar-refractivity contribution >= 4 is 22.6 Å². The molecule has 2 rings (SSSR count). The third-order valence-corrected chi connectivity index (χ3v) is 3.55. The van der Waals surface area contributed by atoms with E-state index < -0.39 is 6.10 Å². The Morgan fingerprint density at radius 2 is 2.39 bits per heavy atom. The third-order valence-electron chi connectivity index (χ3n) is 2.86. The average Bonchev–Trinajstić information content (AvgIpc) is 2.95. The number of carbonyl (C=O) groups excluding carboxylic acids is 1. The molecule has 2 heterocycles. The van der Waals surface area contributed by atoms with Gasteiger partial charge in [-0.1, -0.05) is 13.8 Å². The van der Waals surface area contributed by atoms with Crippen LogP contribution in [0.4, 0.5) is 5.13 Å². The normalized spacial score (nSPS) is 23.5. The number of rotatable bonds is 5. The van der Waals surface area contributed by atoms with Crippen molar-refractivity contribution in [2.45, 2.75) is 44.8 Å². The van der Waals surface area contributed by atoms with Crippen LogP contribution in [0.25, 0.3) is 0 Å². The van der Waals surface area contributed by atoms with E-state index in [1.165, 1.54) is 11.5 Å². The van der Waals surface area contributed by atoms with Crippen molar-refractivity contribution in [2.24, 2.45) is 5.73 Å². The number of primary amides is 1. The van der Waals surface area contributed by atoms with E-state index in [0.717, 1.165) is 17.4 Å². The fraction of sp³-hybridized carbons (Fsp3) is 0.727. The first-order valence-electron chi connectivity index (χ1n) is 6.08. The minimum absolute atomic E-state index is 0.0221. The quantitative estimate of drug-likeness (QED) is 0.836. The predicted octanol–water partition coefficient (Wildman–Crippen LogP) is 1.11. The zero-order valence-electron chi connectivity index (χ0n) is 10.5. The van der Waals surface area contributed by atoms with Gasteiger partial charge in [0.1, 0.15) is 11.9 Å². The van der Waals surface area contributed by atoms with E-state index in [1.807, 2.05) is 0 Å². The maximum atomic E-state index is 11.0. The van der Waals surface area contributed by atoms with Crippen LogP contribution < -0.4 is 11.1 Å². The SMILES string of the molecule is CC(C)c1nsc(NCC2CCC(C(N)=O)O2)n1. The number of nitrogens with zero attached hydrogens (tertiary/aromatic N) is 2. The van der Waals surface area contributed by atoms with Crippen molar-refractivity contribution in [3.05, 3.63) is 5.82 Å². The van der Waals surface area contributed by atoms with Crippen LogP contribution >= 0.6 is 11.5 Å². The molecule has 1 aromatic rings. The van der Waals surface area contributed by atoms with Gasteiger partial charge in [0.2, 0.25) is 11.0 Å². The summed E-state index contributed by atoms with van der Waals surface area (Å²) in [5.41, 5.74) is 5.20. The van der Waals surface area contributed by atoms with Gasteiger partial charge in [0.15, 0.2) is 0 Å². The van der Waals surface area contributed by atoms with E-state index >= 15 is 0 Å². The molecule has 18 heavy (non-hydrogen) atoms. The first-order chi connectivity index (χ1) is 8.56. The van der Waals surface area contributed by atoms with Gasteiger partial charge in [-0.05, 0) is 12.8 Å². The van der Waals surface area contributed by atoms with Gasteiger partial charge in [0, 0.05) is 24.0 Å². The smallest absolute Gasteiger partial charge is 0.246 e. The van der Waals surface area contributed by atoms with Gasteiger partial charge in [-0.2, -0.15) is 4.37 Å².